The van der Waals surface area contributed by atoms with E-state index < -0.39 is 11.4 Å². The predicted molar refractivity (Wildman–Crippen MR) is 63.2 cm³/mol. The van der Waals surface area contributed by atoms with Crippen LogP contribution in [0.15, 0.2) is 18.2 Å². The van der Waals surface area contributed by atoms with Gasteiger partial charge in [0.25, 0.3) is 0 Å². The maximum atomic E-state index is 11.7. The number of nitrogens with one attached hydrogen (secondary N) is 1. The number of hydrogen-bond acceptors (Lipinski definition) is 3. The molecule has 0 aliphatic heterocycles. The van der Waals surface area contributed by atoms with Crippen molar-refractivity contribution in [1.29, 1.82) is 0 Å². The lowest BCUT2D eigenvalue weighted by molar-refractivity contribution is -0.123. The van der Waals surface area contributed by atoms with Gasteiger partial charge >= 0.3 is 5.97 Å². The summed E-state index contributed by atoms with van der Waals surface area (Å²) in [5.41, 5.74) is -0.511. The lowest BCUT2D eigenvalue weighted by atomic mass is 9.95. The Morgan fingerprint density at radius 1 is 1.24 bits per heavy atom. The van der Waals surface area contributed by atoms with Gasteiger partial charge in [0.15, 0.2) is 0 Å². The quantitative estimate of drug-likeness (QED) is 0.687. The molecule has 5 nitrogen and oxygen atoms in total. The summed E-state index contributed by atoms with van der Waals surface area (Å²) in [6.45, 7) is 5.17. The number of carbonyl (C=O) groups is 2. The Bertz CT molecular complexity index is 460. The van der Waals surface area contributed by atoms with Crippen LogP contribution in [0.3, 0.4) is 0 Å². The number of aromatic hydroxyl groups is 1. The Balaban J connectivity index is 3.02. The van der Waals surface area contributed by atoms with E-state index in [9.17, 15) is 14.7 Å². The van der Waals surface area contributed by atoms with Crippen molar-refractivity contribution in [3.8, 4) is 5.75 Å². The van der Waals surface area contributed by atoms with Crippen LogP contribution in [0.25, 0.3) is 0 Å². The monoisotopic (exact) mass is 237 g/mol. The topological polar surface area (TPSA) is 86.6 Å². The summed E-state index contributed by atoms with van der Waals surface area (Å²) in [5.74, 6) is -1.57. The van der Waals surface area contributed by atoms with Crippen LogP contribution in [0.4, 0.5) is 5.69 Å². The van der Waals surface area contributed by atoms with E-state index in [1.807, 2.05) is 0 Å². The zero-order valence-corrected chi connectivity index (χ0v) is 9.94. The Kier molecular flexibility index (Phi) is 3.41. The number of benzene rings is 1. The van der Waals surface area contributed by atoms with Gasteiger partial charge in [-0.3, -0.25) is 4.79 Å². The summed E-state index contributed by atoms with van der Waals surface area (Å²) < 4.78 is 0. The highest BCUT2D eigenvalue weighted by molar-refractivity contribution is 5.97. The Morgan fingerprint density at radius 3 is 2.29 bits per heavy atom. The van der Waals surface area contributed by atoms with Gasteiger partial charge in [0.05, 0.1) is 11.3 Å². The summed E-state index contributed by atoms with van der Waals surface area (Å²) >= 11 is 0. The largest absolute Gasteiger partial charge is 0.506 e. The maximum absolute atomic E-state index is 11.7. The van der Waals surface area contributed by atoms with Gasteiger partial charge in [0.1, 0.15) is 5.75 Å². The molecule has 1 amide bonds. The highest BCUT2D eigenvalue weighted by Gasteiger charge is 2.22. The van der Waals surface area contributed by atoms with Crippen molar-refractivity contribution in [2.45, 2.75) is 20.8 Å². The van der Waals surface area contributed by atoms with E-state index in [4.69, 9.17) is 5.11 Å². The van der Waals surface area contributed by atoms with Gasteiger partial charge in [0, 0.05) is 5.41 Å². The van der Waals surface area contributed by atoms with Gasteiger partial charge in [-0.2, -0.15) is 0 Å². The maximum Gasteiger partial charge on any atom is 0.335 e. The lowest BCUT2D eigenvalue weighted by Gasteiger charge is -2.18. The normalized spacial score (nSPS) is 11.0. The number of carboxylic acids is 1. The molecule has 1 aromatic rings. The van der Waals surface area contributed by atoms with Crippen LogP contribution in [0.2, 0.25) is 0 Å². The number of phenols is 1. The molecule has 0 aliphatic rings. The van der Waals surface area contributed by atoms with E-state index in [-0.39, 0.29) is 22.9 Å². The smallest absolute Gasteiger partial charge is 0.335 e. The number of aromatic carboxylic acids is 1. The summed E-state index contributed by atoms with van der Waals surface area (Å²) in [5, 5.41) is 20.8. The second kappa shape index (κ2) is 4.45. The molecule has 0 fully saturated rings. The minimum Gasteiger partial charge on any atom is -0.506 e. The summed E-state index contributed by atoms with van der Waals surface area (Å²) in [7, 11) is 0. The lowest BCUT2D eigenvalue weighted by Crippen LogP contribution is -2.27. The first-order valence-corrected chi connectivity index (χ1v) is 5.09. The number of phenolic OH excluding ortho intramolecular Hbond substituents is 1. The molecule has 1 rings (SSSR count). The Hall–Kier alpha value is -2.04. The third-order valence-electron chi connectivity index (χ3n) is 2.17. The Morgan fingerprint density at radius 2 is 1.82 bits per heavy atom. The molecule has 0 atom stereocenters. The first-order valence-electron chi connectivity index (χ1n) is 5.09. The molecule has 0 aliphatic carbocycles. The molecule has 0 spiro atoms. The first kappa shape index (κ1) is 13.0. The fourth-order valence-corrected chi connectivity index (χ4v) is 1.08. The molecule has 5 heteroatoms. The van der Waals surface area contributed by atoms with Crippen LogP contribution in [-0.2, 0) is 4.79 Å². The minimum atomic E-state index is -1.11. The second-order valence-electron chi connectivity index (χ2n) is 4.74. The van der Waals surface area contributed by atoms with Crippen molar-refractivity contribution in [2.24, 2.45) is 5.41 Å². The van der Waals surface area contributed by atoms with Crippen molar-refractivity contribution in [2.75, 3.05) is 5.32 Å². The van der Waals surface area contributed by atoms with Crippen molar-refractivity contribution in [1.82, 2.24) is 0 Å². The van der Waals surface area contributed by atoms with E-state index >= 15 is 0 Å². The van der Waals surface area contributed by atoms with Crippen LogP contribution in [0, 0.1) is 5.41 Å². The number of hydrogen-bond donors (Lipinski definition) is 3. The molecule has 92 valence electrons. The standard InChI is InChI=1S/C12H15NO4/c1-12(2,3)11(17)13-8-6-7(10(15)16)4-5-9(8)14/h4-6,14H,1-3H3,(H,13,17)(H,15,16). The van der Waals surface area contributed by atoms with Gasteiger partial charge < -0.3 is 15.5 Å². The van der Waals surface area contributed by atoms with Crippen LogP contribution >= 0.6 is 0 Å². The van der Waals surface area contributed by atoms with Crippen LogP contribution in [-0.4, -0.2) is 22.1 Å². The highest BCUT2D eigenvalue weighted by Crippen LogP contribution is 2.26. The summed E-state index contributed by atoms with van der Waals surface area (Å²) in [6, 6.07) is 3.73. The second-order valence-corrected chi connectivity index (χ2v) is 4.74. The number of anilines is 1. The van der Waals surface area contributed by atoms with E-state index in [0.717, 1.165) is 0 Å². The molecule has 0 bridgehead atoms. The molecule has 1 aromatic carbocycles. The molecule has 0 unspecified atom stereocenters. The molecule has 0 radical (unpaired) electrons. The molecular weight excluding hydrogens is 222 g/mol. The molecular formula is C12H15NO4. The average Bonchev–Trinajstić information content (AvgIpc) is 2.19. The molecule has 0 saturated heterocycles. The SMILES string of the molecule is CC(C)(C)C(=O)Nc1cc(C(=O)O)ccc1O. The predicted octanol–water partition coefficient (Wildman–Crippen LogP) is 2.07. The first-order chi connectivity index (χ1) is 7.71. The van der Waals surface area contributed by atoms with E-state index in [1.54, 1.807) is 20.8 Å². The van der Waals surface area contributed by atoms with E-state index in [2.05, 4.69) is 5.32 Å². The number of rotatable bonds is 2. The van der Waals surface area contributed by atoms with Crippen molar-refractivity contribution >= 4 is 17.6 Å². The number of carbonyl (C=O) groups excluding carboxylic acids is 1. The molecule has 0 heterocycles. The fraction of sp³-hybridized carbons (Fsp3) is 0.333. The minimum absolute atomic E-state index is 0.00649. The molecule has 17 heavy (non-hydrogen) atoms. The zero-order chi connectivity index (χ0) is 13.2. The van der Waals surface area contributed by atoms with Gasteiger partial charge in [-0.1, -0.05) is 20.8 Å². The summed E-state index contributed by atoms with van der Waals surface area (Å²) in [6.07, 6.45) is 0. The average molecular weight is 237 g/mol. The van der Waals surface area contributed by atoms with E-state index in [1.165, 1.54) is 18.2 Å². The third-order valence-corrected chi connectivity index (χ3v) is 2.17. The van der Waals surface area contributed by atoms with Crippen molar-refractivity contribution < 1.29 is 19.8 Å². The van der Waals surface area contributed by atoms with Crippen LogP contribution in [0.5, 0.6) is 5.75 Å². The fourth-order valence-electron chi connectivity index (χ4n) is 1.08. The molecule has 0 saturated carbocycles. The van der Waals surface area contributed by atoms with Crippen LogP contribution < -0.4 is 5.32 Å². The van der Waals surface area contributed by atoms with Crippen LogP contribution in [0.1, 0.15) is 31.1 Å². The number of carboxylic acid groups (broad SMARTS) is 1. The van der Waals surface area contributed by atoms with Crippen molar-refractivity contribution in [3.05, 3.63) is 23.8 Å². The Labute approximate surface area is 99.1 Å². The number of amides is 1. The van der Waals surface area contributed by atoms with Gasteiger partial charge in [0.2, 0.25) is 5.91 Å². The summed E-state index contributed by atoms with van der Waals surface area (Å²) in [4.78, 5) is 22.5. The van der Waals surface area contributed by atoms with Gasteiger partial charge in [-0.25, -0.2) is 4.79 Å². The van der Waals surface area contributed by atoms with Gasteiger partial charge in [-0.05, 0) is 18.2 Å². The highest BCUT2D eigenvalue weighted by atomic mass is 16.4. The van der Waals surface area contributed by atoms with Crippen molar-refractivity contribution in [3.63, 3.8) is 0 Å². The molecule has 0 aromatic heterocycles. The zero-order valence-electron chi connectivity index (χ0n) is 9.94. The van der Waals surface area contributed by atoms with E-state index in [0.29, 0.717) is 0 Å². The molecule has 3 N–H and O–H groups in total. The third kappa shape index (κ3) is 3.21. The van der Waals surface area contributed by atoms with Gasteiger partial charge in [-0.15, -0.1) is 0 Å².